The lowest BCUT2D eigenvalue weighted by Crippen LogP contribution is -2.38. The topological polar surface area (TPSA) is 3.24 Å². The zero-order valence-corrected chi connectivity index (χ0v) is 9.51. The molecule has 1 saturated carbocycles. The Morgan fingerprint density at radius 1 is 1.15 bits per heavy atom. The van der Waals surface area contributed by atoms with Crippen LogP contribution in [-0.4, -0.2) is 23.5 Å². The van der Waals surface area contributed by atoms with Gasteiger partial charge in [-0.2, -0.15) is 0 Å². The van der Waals surface area contributed by atoms with E-state index in [4.69, 9.17) is 0 Å². The van der Waals surface area contributed by atoms with E-state index in [2.05, 4.69) is 32.6 Å². The van der Waals surface area contributed by atoms with Crippen molar-refractivity contribution in [1.82, 2.24) is 4.90 Å². The van der Waals surface area contributed by atoms with Crippen LogP contribution in [0.15, 0.2) is 0 Å². The first kappa shape index (κ1) is 9.51. The lowest BCUT2D eigenvalue weighted by molar-refractivity contribution is 0.163. The molecule has 1 nitrogen and oxygen atoms in total. The summed E-state index contributed by atoms with van der Waals surface area (Å²) in [7, 11) is 0. The molecule has 0 radical (unpaired) electrons. The summed E-state index contributed by atoms with van der Waals surface area (Å²) in [4.78, 5) is 2.73. The number of likely N-dealkylation sites (tertiary alicyclic amines) is 1. The van der Waals surface area contributed by atoms with Crippen LogP contribution < -0.4 is 0 Å². The van der Waals surface area contributed by atoms with E-state index < -0.39 is 0 Å². The van der Waals surface area contributed by atoms with Crippen LogP contribution in [0.25, 0.3) is 0 Å². The zero-order valence-electron chi connectivity index (χ0n) is 9.51. The summed E-state index contributed by atoms with van der Waals surface area (Å²) >= 11 is 0. The van der Waals surface area contributed by atoms with Gasteiger partial charge in [-0.15, -0.1) is 0 Å². The molecule has 2 aliphatic rings. The summed E-state index contributed by atoms with van der Waals surface area (Å²) in [5, 5.41) is 0. The van der Waals surface area contributed by atoms with E-state index in [0.29, 0.717) is 0 Å². The Labute approximate surface area is 82.5 Å². The number of rotatable bonds is 2. The maximum Gasteiger partial charge on any atom is 0.0127 e. The molecule has 1 atom stereocenters. The second-order valence-electron chi connectivity index (χ2n) is 5.78. The minimum Gasteiger partial charge on any atom is -0.297 e. The van der Waals surface area contributed by atoms with Crippen LogP contribution in [0, 0.1) is 11.3 Å². The number of hydrogen-bond acceptors (Lipinski definition) is 1. The van der Waals surface area contributed by atoms with Gasteiger partial charge >= 0.3 is 0 Å². The van der Waals surface area contributed by atoms with Crippen LogP contribution in [0.2, 0.25) is 0 Å². The largest absolute Gasteiger partial charge is 0.297 e. The van der Waals surface area contributed by atoms with E-state index in [0.717, 1.165) is 23.4 Å². The van der Waals surface area contributed by atoms with Crippen molar-refractivity contribution in [3.63, 3.8) is 0 Å². The van der Waals surface area contributed by atoms with Gasteiger partial charge in [0.2, 0.25) is 0 Å². The molecular formula is C12H23N. The fraction of sp³-hybridized carbons (Fsp3) is 1.00. The average molecular weight is 181 g/mol. The quantitative estimate of drug-likeness (QED) is 0.633. The van der Waals surface area contributed by atoms with Crippen LogP contribution in [0.4, 0.5) is 0 Å². The fourth-order valence-corrected chi connectivity index (χ4v) is 2.85. The Morgan fingerprint density at radius 2 is 1.77 bits per heavy atom. The van der Waals surface area contributed by atoms with Gasteiger partial charge in [-0.05, 0) is 44.4 Å². The Bertz CT molecular complexity index is 173. The van der Waals surface area contributed by atoms with Gasteiger partial charge < -0.3 is 0 Å². The van der Waals surface area contributed by atoms with Crippen LogP contribution in [0.3, 0.4) is 0 Å². The third-order valence-electron chi connectivity index (χ3n) is 3.98. The van der Waals surface area contributed by atoms with E-state index in [1.807, 2.05) is 0 Å². The smallest absolute Gasteiger partial charge is 0.0127 e. The molecule has 1 heterocycles. The minimum absolute atomic E-state index is 0.743. The molecule has 2 rings (SSSR count). The summed E-state index contributed by atoms with van der Waals surface area (Å²) < 4.78 is 0. The summed E-state index contributed by atoms with van der Waals surface area (Å²) in [5.74, 6) is 0.836. The van der Waals surface area contributed by atoms with E-state index in [9.17, 15) is 0 Å². The normalized spacial score (nSPS) is 32.3. The summed E-state index contributed by atoms with van der Waals surface area (Å²) in [6.45, 7) is 10.8. The monoisotopic (exact) mass is 181 g/mol. The molecule has 0 N–H and O–H groups in total. The molecular weight excluding hydrogens is 158 g/mol. The highest BCUT2D eigenvalue weighted by atomic mass is 15.2. The molecule has 2 fully saturated rings. The SMILES string of the molecule is CC(C)[C@@H]1CC2(CC2)CN1C(C)C. The van der Waals surface area contributed by atoms with Crippen molar-refractivity contribution in [1.29, 1.82) is 0 Å². The van der Waals surface area contributed by atoms with Gasteiger partial charge in [0.15, 0.2) is 0 Å². The molecule has 1 heteroatoms. The van der Waals surface area contributed by atoms with Crippen molar-refractivity contribution in [3.8, 4) is 0 Å². The standard InChI is InChI=1S/C12H23N/c1-9(2)11-7-12(5-6-12)8-13(11)10(3)4/h9-11H,5-8H2,1-4H3/t11-/m0/s1. The molecule has 1 aliphatic carbocycles. The maximum atomic E-state index is 2.73. The average Bonchev–Trinajstić information content (AvgIpc) is 2.60. The van der Waals surface area contributed by atoms with Crippen LogP contribution in [-0.2, 0) is 0 Å². The molecule has 0 aromatic rings. The molecule has 0 aromatic heterocycles. The highest BCUT2D eigenvalue weighted by Gasteiger charge is 2.52. The molecule has 0 amide bonds. The van der Waals surface area contributed by atoms with Gasteiger partial charge in [-0.1, -0.05) is 13.8 Å². The van der Waals surface area contributed by atoms with Crippen molar-refractivity contribution >= 4 is 0 Å². The van der Waals surface area contributed by atoms with Crippen molar-refractivity contribution in [3.05, 3.63) is 0 Å². The third-order valence-corrected chi connectivity index (χ3v) is 3.98. The number of hydrogen-bond donors (Lipinski definition) is 0. The van der Waals surface area contributed by atoms with Crippen molar-refractivity contribution < 1.29 is 0 Å². The van der Waals surface area contributed by atoms with E-state index in [1.165, 1.54) is 25.8 Å². The van der Waals surface area contributed by atoms with Gasteiger partial charge in [0.05, 0.1) is 0 Å². The molecule has 1 aliphatic heterocycles. The van der Waals surface area contributed by atoms with E-state index >= 15 is 0 Å². The van der Waals surface area contributed by atoms with Gasteiger partial charge in [0.1, 0.15) is 0 Å². The maximum absolute atomic E-state index is 2.73. The minimum atomic E-state index is 0.743. The molecule has 76 valence electrons. The first-order valence-corrected chi connectivity index (χ1v) is 5.80. The number of nitrogens with zero attached hydrogens (tertiary/aromatic N) is 1. The second-order valence-corrected chi connectivity index (χ2v) is 5.78. The van der Waals surface area contributed by atoms with Crippen molar-refractivity contribution in [2.45, 2.75) is 59.0 Å². The lowest BCUT2D eigenvalue weighted by Gasteiger charge is -2.30. The van der Waals surface area contributed by atoms with Crippen molar-refractivity contribution in [2.24, 2.45) is 11.3 Å². The lowest BCUT2D eigenvalue weighted by atomic mass is 9.96. The Hall–Kier alpha value is -0.0400. The predicted octanol–water partition coefficient (Wildman–Crippen LogP) is 2.91. The molecule has 13 heavy (non-hydrogen) atoms. The molecule has 0 bridgehead atoms. The van der Waals surface area contributed by atoms with Crippen LogP contribution in [0.5, 0.6) is 0 Å². The highest BCUT2D eigenvalue weighted by Crippen LogP contribution is 2.56. The second kappa shape index (κ2) is 2.98. The molecule has 1 spiro atoms. The van der Waals surface area contributed by atoms with Gasteiger partial charge in [-0.25, -0.2) is 0 Å². The van der Waals surface area contributed by atoms with E-state index in [-0.39, 0.29) is 0 Å². The highest BCUT2D eigenvalue weighted by molar-refractivity contribution is 5.05. The van der Waals surface area contributed by atoms with Crippen LogP contribution >= 0.6 is 0 Å². The zero-order chi connectivity index (χ0) is 9.64. The van der Waals surface area contributed by atoms with Crippen LogP contribution in [0.1, 0.15) is 47.0 Å². The Kier molecular flexibility index (Phi) is 2.18. The molecule has 0 unspecified atom stereocenters. The Balaban J connectivity index is 2.07. The summed E-state index contributed by atoms with van der Waals surface area (Å²) in [5.41, 5.74) is 0.777. The predicted molar refractivity (Wildman–Crippen MR) is 56.8 cm³/mol. The first-order valence-electron chi connectivity index (χ1n) is 5.80. The summed E-state index contributed by atoms with van der Waals surface area (Å²) in [6.07, 6.45) is 4.47. The fourth-order valence-electron chi connectivity index (χ4n) is 2.85. The van der Waals surface area contributed by atoms with Gasteiger partial charge in [0, 0.05) is 18.6 Å². The van der Waals surface area contributed by atoms with Gasteiger partial charge in [0.25, 0.3) is 0 Å². The molecule has 0 aromatic carbocycles. The first-order chi connectivity index (χ1) is 6.04. The van der Waals surface area contributed by atoms with Crippen molar-refractivity contribution in [2.75, 3.05) is 6.54 Å². The summed E-state index contributed by atoms with van der Waals surface area (Å²) in [6, 6.07) is 1.61. The Morgan fingerprint density at radius 3 is 2.08 bits per heavy atom. The molecule has 1 saturated heterocycles. The van der Waals surface area contributed by atoms with Gasteiger partial charge in [-0.3, -0.25) is 4.90 Å². The van der Waals surface area contributed by atoms with E-state index in [1.54, 1.807) is 0 Å². The third kappa shape index (κ3) is 1.63.